The summed E-state index contributed by atoms with van der Waals surface area (Å²) in [4.78, 5) is 5.33. The fourth-order valence-electron chi connectivity index (χ4n) is 1.51. The van der Waals surface area contributed by atoms with Crippen LogP contribution in [0.1, 0.15) is 5.56 Å². The molecule has 0 spiro atoms. The van der Waals surface area contributed by atoms with Crippen molar-refractivity contribution in [2.24, 2.45) is 0 Å². The molecule has 1 heterocycles. The highest BCUT2D eigenvalue weighted by Gasteiger charge is 1.95. The van der Waals surface area contributed by atoms with Gasteiger partial charge in [-0.25, -0.2) is 0 Å². The average molecular weight is 279 g/mol. The molecule has 0 aliphatic rings. The minimum atomic E-state index is 0.786. The number of hydrogen-bond acceptors (Lipinski definition) is 3. The molecule has 0 fully saturated rings. The van der Waals surface area contributed by atoms with Crippen LogP contribution in [0, 0.1) is 0 Å². The van der Waals surface area contributed by atoms with E-state index in [2.05, 4.69) is 16.4 Å². The van der Waals surface area contributed by atoms with Crippen LogP contribution < -0.4 is 5.32 Å². The lowest BCUT2D eigenvalue weighted by molar-refractivity contribution is 0.729. The lowest BCUT2D eigenvalue weighted by atomic mass is 10.3. The number of benzene rings is 1. The van der Waals surface area contributed by atoms with Crippen LogP contribution in [0.4, 0.5) is 0 Å². The van der Waals surface area contributed by atoms with E-state index in [-0.39, 0.29) is 0 Å². The van der Waals surface area contributed by atoms with E-state index in [0.717, 1.165) is 23.9 Å². The van der Waals surface area contributed by atoms with Gasteiger partial charge in [0.1, 0.15) is 0 Å². The lowest BCUT2D eigenvalue weighted by Gasteiger charge is -2.04. The summed E-state index contributed by atoms with van der Waals surface area (Å²) >= 11 is 7.66. The van der Waals surface area contributed by atoms with Crippen molar-refractivity contribution in [2.45, 2.75) is 11.4 Å². The Morgan fingerprint density at radius 2 is 2.00 bits per heavy atom. The molecule has 94 valence electrons. The van der Waals surface area contributed by atoms with Crippen LogP contribution in [-0.4, -0.2) is 17.3 Å². The van der Waals surface area contributed by atoms with Crippen molar-refractivity contribution >= 4 is 23.4 Å². The molecule has 0 atom stereocenters. The van der Waals surface area contributed by atoms with E-state index in [1.807, 2.05) is 48.3 Å². The van der Waals surface area contributed by atoms with Crippen molar-refractivity contribution in [1.29, 1.82) is 0 Å². The van der Waals surface area contributed by atoms with Gasteiger partial charge in [0.2, 0.25) is 0 Å². The highest BCUT2D eigenvalue weighted by Crippen LogP contribution is 2.19. The quantitative estimate of drug-likeness (QED) is 0.645. The third-order valence-electron chi connectivity index (χ3n) is 2.41. The lowest BCUT2D eigenvalue weighted by Crippen LogP contribution is -2.16. The third kappa shape index (κ3) is 4.69. The van der Waals surface area contributed by atoms with E-state index < -0.39 is 0 Å². The summed E-state index contributed by atoms with van der Waals surface area (Å²) in [7, 11) is 0. The molecule has 1 N–H and O–H groups in total. The number of hydrogen-bond donors (Lipinski definition) is 1. The van der Waals surface area contributed by atoms with E-state index in [9.17, 15) is 0 Å². The molecule has 0 aliphatic carbocycles. The first-order valence-electron chi connectivity index (χ1n) is 5.82. The number of pyridine rings is 1. The van der Waals surface area contributed by atoms with Crippen molar-refractivity contribution in [2.75, 3.05) is 12.3 Å². The van der Waals surface area contributed by atoms with E-state index >= 15 is 0 Å². The second-order valence-electron chi connectivity index (χ2n) is 3.84. The molecule has 0 aliphatic heterocycles. The maximum Gasteiger partial charge on any atom is 0.0406 e. The topological polar surface area (TPSA) is 24.9 Å². The van der Waals surface area contributed by atoms with Gasteiger partial charge in [-0.1, -0.05) is 17.7 Å². The van der Waals surface area contributed by atoms with Crippen LogP contribution >= 0.6 is 23.4 Å². The maximum absolute atomic E-state index is 5.84. The molecule has 18 heavy (non-hydrogen) atoms. The molecule has 0 saturated heterocycles. The number of nitrogens with one attached hydrogen (secondary N) is 1. The predicted octanol–water partition coefficient (Wildman–Crippen LogP) is 3.62. The molecule has 2 nitrogen and oxygen atoms in total. The van der Waals surface area contributed by atoms with Crippen LogP contribution in [0.15, 0.2) is 53.7 Å². The molecular weight excluding hydrogens is 264 g/mol. The first kappa shape index (κ1) is 13.4. The molecular formula is C14H15ClN2S. The number of aromatic nitrogens is 1. The number of halogens is 1. The molecule has 2 aromatic rings. The zero-order chi connectivity index (χ0) is 12.6. The molecule has 0 unspecified atom stereocenters. The van der Waals surface area contributed by atoms with Gasteiger partial charge in [0.05, 0.1) is 0 Å². The maximum atomic E-state index is 5.84. The molecule has 0 radical (unpaired) electrons. The number of nitrogens with zero attached hydrogens (tertiary/aromatic N) is 1. The molecule has 2 rings (SSSR count). The summed E-state index contributed by atoms with van der Waals surface area (Å²) in [6, 6.07) is 12.0. The summed E-state index contributed by atoms with van der Waals surface area (Å²) in [5.74, 6) is 1.04. The Morgan fingerprint density at radius 3 is 2.72 bits per heavy atom. The van der Waals surface area contributed by atoms with Gasteiger partial charge in [0.25, 0.3) is 0 Å². The SMILES string of the molecule is Clc1ccc(SCCNCc2cccnc2)cc1. The minimum absolute atomic E-state index is 0.786. The first-order chi connectivity index (χ1) is 8.84. The van der Waals surface area contributed by atoms with Crippen LogP contribution in [0.5, 0.6) is 0 Å². The second kappa shape index (κ2) is 7.41. The zero-order valence-electron chi connectivity index (χ0n) is 9.97. The van der Waals surface area contributed by atoms with E-state index in [4.69, 9.17) is 11.6 Å². The summed E-state index contributed by atoms with van der Waals surface area (Å²) in [5, 5.41) is 4.18. The summed E-state index contributed by atoms with van der Waals surface area (Å²) in [6.07, 6.45) is 3.68. The van der Waals surface area contributed by atoms with Gasteiger partial charge < -0.3 is 5.32 Å². The van der Waals surface area contributed by atoms with Gasteiger partial charge in [-0.2, -0.15) is 0 Å². The van der Waals surface area contributed by atoms with Crippen molar-refractivity contribution < 1.29 is 0 Å². The monoisotopic (exact) mass is 278 g/mol. The molecule has 1 aromatic carbocycles. The van der Waals surface area contributed by atoms with Crippen LogP contribution in [0.25, 0.3) is 0 Å². The number of thioether (sulfide) groups is 1. The van der Waals surface area contributed by atoms with Gasteiger partial charge >= 0.3 is 0 Å². The third-order valence-corrected chi connectivity index (χ3v) is 3.68. The Balaban J connectivity index is 1.63. The number of rotatable bonds is 6. The highest BCUT2D eigenvalue weighted by molar-refractivity contribution is 7.99. The Kier molecular flexibility index (Phi) is 5.52. The highest BCUT2D eigenvalue weighted by atomic mass is 35.5. The molecule has 0 bridgehead atoms. The first-order valence-corrected chi connectivity index (χ1v) is 7.19. The van der Waals surface area contributed by atoms with Crippen molar-refractivity contribution in [3.63, 3.8) is 0 Å². The summed E-state index contributed by atoms with van der Waals surface area (Å²) in [5.41, 5.74) is 1.22. The van der Waals surface area contributed by atoms with Crippen LogP contribution in [-0.2, 0) is 6.54 Å². The Labute approximate surface area is 117 Å². The molecule has 4 heteroatoms. The fourth-order valence-corrected chi connectivity index (χ4v) is 2.44. The van der Waals surface area contributed by atoms with Gasteiger partial charge in [-0.3, -0.25) is 4.98 Å². The van der Waals surface area contributed by atoms with Crippen molar-refractivity contribution in [3.8, 4) is 0 Å². The Bertz CT molecular complexity index is 459. The van der Waals surface area contributed by atoms with E-state index in [1.165, 1.54) is 10.5 Å². The minimum Gasteiger partial charge on any atom is -0.312 e. The van der Waals surface area contributed by atoms with Crippen molar-refractivity contribution in [1.82, 2.24) is 10.3 Å². The molecule has 1 aromatic heterocycles. The molecule has 0 saturated carbocycles. The largest absolute Gasteiger partial charge is 0.312 e. The van der Waals surface area contributed by atoms with Crippen LogP contribution in [0.3, 0.4) is 0 Å². The van der Waals surface area contributed by atoms with Crippen LogP contribution in [0.2, 0.25) is 5.02 Å². The van der Waals surface area contributed by atoms with Gasteiger partial charge in [0.15, 0.2) is 0 Å². The summed E-state index contributed by atoms with van der Waals surface area (Å²) in [6.45, 7) is 1.84. The normalized spacial score (nSPS) is 10.5. The van der Waals surface area contributed by atoms with E-state index in [1.54, 1.807) is 6.20 Å². The fraction of sp³-hybridized carbons (Fsp3) is 0.214. The Morgan fingerprint density at radius 1 is 1.17 bits per heavy atom. The second-order valence-corrected chi connectivity index (χ2v) is 5.45. The average Bonchev–Trinajstić information content (AvgIpc) is 2.42. The standard InChI is InChI=1S/C14H15ClN2S/c15-13-3-5-14(6-4-13)18-9-8-17-11-12-2-1-7-16-10-12/h1-7,10,17H,8-9,11H2. The van der Waals surface area contributed by atoms with Gasteiger partial charge in [-0.05, 0) is 35.9 Å². The summed E-state index contributed by atoms with van der Waals surface area (Å²) < 4.78 is 0. The zero-order valence-corrected chi connectivity index (χ0v) is 11.5. The smallest absolute Gasteiger partial charge is 0.0406 e. The van der Waals surface area contributed by atoms with Crippen molar-refractivity contribution in [3.05, 3.63) is 59.4 Å². The van der Waals surface area contributed by atoms with Gasteiger partial charge in [0, 0.05) is 41.2 Å². The predicted molar refractivity (Wildman–Crippen MR) is 78.1 cm³/mol. The van der Waals surface area contributed by atoms with E-state index in [0.29, 0.717) is 0 Å². The molecule has 0 amide bonds. The van der Waals surface area contributed by atoms with Gasteiger partial charge in [-0.15, -0.1) is 11.8 Å². The Hall–Kier alpha value is -1.03.